The Labute approximate surface area is 171 Å². The van der Waals surface area contributed by atoms with Crippen molar-refractivity contribution < 1.29 is 9.59 Å². The summed E-state index contributed by atoms with van der Waals surface area (Å²) in [5, 5.41) is 6.17. The zero-order chi connectivity index (χ0) is 20.5. The van der Waals surface area contributed by atoms with Gasteiger partial charge in [-0.15, -0.1) is 0 Å². The first-order valence-corrected chi connectivity index (χ1v) is 11.5. The van der Waals surface area contributed by atoms with E-state index in [1.165, 1.54) is 12.8 Å². The van der Waals surface area contributed by atoms with E-state index < -0.39 is 0 Å². The predicted molar refractivity (Wildman–Crippen MR) is 114 cm³/mol. The van der Waals surface area contributed by atoms with E-state index in [0.29, 0.717) is 24.2 Å². The maximum absolute atomic E-state index is 12.4. The van der Waals surface area contributed by atoms with Gasteiger partial charge in [-0.3, -0.25) is 0 Å². The van der Waals surface area contributed by atoms with Crippen LogP contribution in [0.4, 0.5) is 9.59 Å². The number of amides is 4. The van der Waals surface area contributed by atoms with Crippen molar-refractivity contribution in [3.63, 3.8) is 0 Å². The van der Waals surface area contributed by atoms with E-state index in [4.69, 9.17) is 0 Å². The summed E-state index contributed by atoms with van der Waals surface area (Å²) in [6.07, 6.45) is 11.0. The first-order valence-electron chi connectivity index (χ1n) is 11.5. The number of carbonyl (C=O) groups excluding carboxylic acids is 2. The smallest absolute Gasteiger partial charge is 0.317 e. The van der Waals surface area contributed by atoms with E-state index in [-0.39, 0.29) is 12.1 Å². The predicted octanol–water partition coefficient (Wildman–Crippen LogP) is 4.49. The van der Waals surface area contributed by atoms with Gasteiger partial charge in [-0.05, 0) is 79.1 Å². The van der Waals surface area contributed by atoms with E-state index in [2.05, 4.69) is 38.3 Å². The van der Waals surface area contributed by atoms with Crippen molar-refractivity contribution in [1.29, 1.82) is 0 Å². The second-order valence-electron chi connectivity index (χ2n) is 8.95. The molecule has 2 saturated heterocycles. The molecule has 0 saturated carbocycles. The summed E-state index contributed by atoms with van der Waals surface area (Å²) in [5.41, 5.74) is 0. The molecule has 2 aliphatic rings. The van der Waals surface area contributed by atoms with Gasteiger partial charge in [-0.25, -0.2) is 9.59 Å². The second-order valence-corrected chi connectivity index (χ2v) is 8.95. The minimum atomic E-state index is 0.0942. The van der Waals surface area contributed by atoms with Gasteiger partial charge in [0.05, 0.1) is 0 Å². The largest absolute Gasteiger partial charge is 0.338 e. The third-order valence-corrected chi connectivity index (χ3v) is 6.51. The Morgan fingerprint density at radius 3 is 1.29 bits per heavy atom. The fourth-order valence-electron chi connectivity index (χ4n) is 4.82. The Balaban J connectivity index is 1.51. The minimum Gasteiger partial charge on any atom is -0.338 e. The van der Waals surface area contributed by atoms with E-state index in [0.717, 1.165) is 64.5 Å². The lowest BCUT2D eigenvalue weighted by molar-refractivity contribution is 0.122. The number of likely N-dealkylation sites (tertiary alicyclic amines) is 2. The van der Waals surface area contributed by atoms with Crippen molar-refractivity contribution >= 4 is 12.1 Å². The molecule has 2 N–H and O–H groups in total. The normalized spacial score (nSPS) is 28.1. The molecule has 2 rings (SSSR count). The molecule has 2 heterocycles. The monoisotopic (exact) mass is 394 g/mol. The highest BCUT2D eigenvalue weighted by atomic mass is 16.2. The molecule has 6 heteroatoms. The lowest BCUT2D eigenvalue weighted by Crippen LogP contribution is -2.52. The van der Waals surface area contributed by atoms with E-state index in [1.807, 2.05) is 9.80 Å². The standard InChI is InChI=1S/C22H42N4O2/c1-17-11-9-12-18(2)25(17)21(27)23-15-7-5-6-8-16-24-22(28)26-19(3)13-10-14-20(26)4/h17-20H,5-16H2,1-4H3,(H,23,27)(H,24,28)/t17-,18-,19-,20+/m1/s1. The van der Waals surface area contributed by atoms with Crippen LogP contribution in [-0.2, 0) is 0 Å². The molecule has 0 aromatic rings. The van der Waals surface area contributed by atoms with Crippen molar-refractivity contribution in [3.8, 4) is 0 Å². The molecule has 4 amide bonds. The number of rotatable bonds is 7. The van der Waals surface area contributed by atoms with Crippen molar-refractivity contribution in [3.05, 3.63) is 0 Å². The Kier molecular flexibility index (Phi) is 9.39. The number of nitrogens with one attached hydrogen (secondary N) is 2. The third kappa shape index (κ3) is 6.56. The zero-order valence-corrected chi connectivity index (χ0v) is 18.5. The van der Waals surface area contributed by atoms with E-state index >= 15 is 0 Å². The molecule has 0 radical (unpaired) electrons. The van der Waals surface area contributed by atoms with Crippen LogP contribution in [0, 0.1) is 0 Å². The summed E-state index contributed by atoms with van der Waals surface area (Å²) in [6, 6.07) is 1.57. The maximum atomic E-state index is 12.4. The number of hydrogen-bond donors (Lipinski definition) is 2. The molecule has 0 aromatic heterocycles. The van der Waals surface area contributed by atoms with Crippen LogP contribution in [-0.4, -0.2) is 59.1 Å². The molecule has 162 valence electrons. The summed E-state index contributed by atoms with van der Waals surface area (Å²) in [6.45, 7) is 10.1. The minimum absolute atomic E-state index is 0.0942. The summed E-state index contributed by atoms with van der Waals surface area (Å²) in [4.78, 5) is 28.8. The Bertz CT molecular complexity index is 435. The van der Waals surface area contributed by atoms with Gasteiger partial charge in [0.2, 0.25) is 0 Å². The van der Waals surface area contributed by atoms with E-state index in [1.54, 1.807) is 0 Å². The number of carbonyl (C=O) groups is 2. The van der Waals surface area contributed by atoms with Gasteiger partial charge in [0.25, 0.3) is 0 Å². The van der Waals surface area contributed by atoms with Crippen molar-refractivity contribution in [1.82, 2.24) is 20.4 Å². The van der Waals surface area contributed by atoms with Gasteiger partial charge in [-0.1, -0.05) is 12.8 Å². The molecular weight excluding hydrogens is 352 g/mol. The fourth-order valence-corrected chi connectivity index (χ4v) is 4.82. The first kappa shape index (κ1) is 22.8. The molecule has 0 unspecified atom stereocenters. The highest BCUT2D eigenvalue weighted by molar-refractivity contribution is 5.75. The lowest BCUT2D eigenvalue weighted by Gasteiger charge is -2.39. The molecule has 28 heavy (non-hydrogen) atoms. The quantitative estimate of drug-likeness (QED) is 0.625. The molecule has 6 nitrogen and oxygen atoms in total. The van der Waals surface area contributed by atoms with Crippen LogP contribution in [0.25, 0.3) is 0 Å². The van der Waals surface area contributed by atoms with Gasteiger partial charge in [0.15, 0.2) is 0 Å². The molecule has 0 spiro atoms. The maximum Gasteiger partial charge on any atom is 0.317 e. The number of urea groups is 2. The first-order chi connectivity index (χ1) is 13.4. The SMILES string of the molecule is C[C@@H]1CCC[C@@H](C)N1C(=O)NCCCCCCNC(=O)N1[C@H](C)CCC[C@@H]1C. The molecule has 2 fully saturated rings. The zero-order valence-electron chi connectivity index (χ0n) is 18.5. The number of hydrogen-bond acceptors (Lipinski definition) is 2. The third-order valence-electron chi connectivity index (χ3n) is 6.51. The van der Waals surface area contributed by atoms with Crippen LogP contribution in [0.1, 0.15) is 91.9 Å². The Morgan fingerprint density at radius 2 is 0.964 bits per heavy atom. The summed E-state index contributed by atoms with van der Waals surface area (Å²) in [7, 11) is 0. The molecule has 2 aliphatic heterocycles. The Morgan fingerprint density at radius 1 is 0.643 bits per heavy atom. The average molecular weight is 395 g/mol. The van der Waals surface area contributed by atoms with Gasteiger partial charge >= 0.3 is 12.1 Å². The number of nitrogens with zero attached hydrogens (tertiary/aromatic N) is 2. The lowest BCUT2D eigenvalue weighted by atomic mass is 9.98. The average Bonchev–Trinajstić information content (AvgIpc) is 2.63. The van der Waals surface area contributed by atoms with Crippen LogP contribution in [0.2, 0.25) is 0 Å². The van der Waals surface area contributed by atoms with Crippen LogP contribution in [0.15, 0.2) is 0 Å². The van der Waals surface area contributed by atoms with Gasteiger partial charge in [0.1, 0.15) is 0 Å². The highest BCUT2D eigenvalue weighted by Gasteiger charge is 2.29. The van der Waals surface area contributed by atoms with Crippen LogP contribution < -0.4 is 10.6 Å². The van der Waals surface area contributed by atoms with Gasteiger partial charge in [-0.2, -0.15) is 0 Å². The summed E-state index contributed by atoms with van der Waals surface area (Å²) in [5.74, 6) is 0. The van der Waals surface area contributed by atoms with Crippen molar-refractivity contribution in [2.45, 2.75) is 116 Å². The molecule has 0 aliphatic carbocycles. The molecule has 0 bridgehead atoms. The molecular formula is C22H42N4O2. The van der Waals surface area contributed by atoms with Crippen LogP contribution in [0.5, 0.6) is 0 Å². The fraction of sp³-hybridized carbons (Fsp3) is 0.909. The summed E-state index contributed by atoms with van der Waals surface area (Å²) >= 11 is 0. The van der Waals surface area contributed by atoms with Crippen molar-refractivity contribution in [2.75, 3.05) is 13.1 Å². The Hall–Kier alpha value is -1.46. The van der Waals surface area contributed by atoms with Gasteiger partial charge < -0.3 is 20.4 Å². The van der Waals surface area contributed by atoms with Crippen LogP contribution in [0.3, 0.4) is 0 Å². The number of unbranched alkanes of at least 4 members (excludes halogenated alkanes) is 3. The van der Waals surface area contributed by atoms with E-state index in [9.17, 15) is 9.59 Å². The highest BCUT2D eigenvalue weighted by Crippen LogP contribution is 2.23. The van der Waals surface area contributed by atoms with Crippen LogP contribution >= 0.6 is 0 Å². The summed E-state index contributed by atoms with van der Waals surface area (Å²) < 4.78 is 0. The molecule has 4 atom stereocenters. The topological polar surface area (TPSA) is 64.7 Å². The molecule has 0 aromatic carbocycles. The van der Waals surface area contributed by atoms with Crippen molar-refractivity contribution in [2.24, 2.45) is 0 Å². The number of piperidine rings is 2. The second kappa shape index (κ2) is 11.5. The van der Waals surface area contributed by atoms with Gasteiger partial charge in [0, 0.05) is 37.3 Å².